The number of nitrogens with zero attached hydrogens (tertiary/aromatic N) is 2. The van der Waals surface area contributed by atoms with E-state index in [0.717, 1.165) is 36.1 Å². The van der Waals surface area contributed by atoms with Crippen molar-refractivity contribution < 1.29 is 19.1 Å². The minimum atomic E-state index is -0.579. The normalized spacial score (nSPS) is 14.5. The van der Waals surface area contributed by atoms with Crippen LogP contribution >= 0.6 is 11.3 Å². The first-order chi connectivity index (χ1) is 13.5. The molecule has 2 aromatic rings. The molecule has 0 atom stereocenters. The van der Waals surface area contributed by atoms with Gasteiger partial charge in [-0.25, -0.2) is 4.98 Å². The molecule has 28 heavy (non-hydrogen) atoms. The molecule has 1 saturated heterocycles. The third-order valence-corrected chi connectivity index (χ3v) is 5.21. The molecule has 1 aliphatic rings. The number of hydrogen-bond acceptors (Lipinski definition) is 6. The third kappa shape index (κ3) is 5.63. The highest BCUT2D eigenvalue weighted by atomic mass is 32.1. The van der Waals surface area contributed by atoms with Gasteiger partial charge in [-0.05, 0) is 19.8 Å². The van der Waals surface area contributed by atoms with E-state index in [2.05, 4.69) is 10.3 Å². The molecule has 2 amide bonds. The number of nitrogens with one attached hydrogen (secondary N) is 1. The molecule has 3 rings (SSSR count). The first kappa shape index (κ1) is 20.0. The number of likely N-dealkylation sites (tertiary alicyclic amines) is 1. The molecular formula is C20H23N3O4S. The highest BCUT2D eigenvalue weighted by Gasteiger charge is 2.20. The number of amides is 2. The quantitative estimate of drug-likeness (QED) is 0.752. The van der Waals surface area contributed by atoms with Gasteiger partial charge in [0.15, 0.2) is 11.7 Å². The lowest BCUT2D eigenvalue weighted by molar-refractivity contribution is -0.151. The molecule has 1 aromatic heterocycles. The summed E-state index contributed by atoms with van der Waals surface area (Å²) >= 11 is 1.31. The van der Waals surface area contributed by atoms with Crippen LogP contribution in [0.2, 0.25) is 0 Å². The van der Waals surface area contributed by atoms with Gasteiger partial charge in [-0.15, -0.1) is 11.3 Å². The summed E-state index contributed by atoms with van der Waals surface area (Å²) < 4.78 is 5.00. The molecule has 1 aliphatic heterocycles. The molecule has 0 bridgehead atoms. The van der Waals surface area contributed by atoms with Crippen LogP contribution in [-0.2, 0) is 19.1 Å². The Balaban J connectivity index is 1.46. The molecule has 0 unspecified atom stereocenters. The van der Waals surface area contributed by atoms with Gasteiger partial charge in [0.1, 0.15) is 6.54 Å². The fourth-order valence-electron chi connectivity index (χ4n) is 2.90. The molecule has 0 saturated carbocycles. The van der Waals surface area contributed by atoms with Crippen molar-refractivity contribution in [3.63, 3.8) is 0 Å². The monoisotopic (exact) mass is 401 g/mol. The van der Waals surface area contributed by atoms with Gasteiger partial charge in [-0.1, -0.05) is 36.2 Å². The Morgan fingerprint density at radius 3 is 2.79 bits per heavy atom. The molecule has 2 heterocycles. The van der Waals surface area contributed by atoms with Gasteiger partial charge in [-0.2, -0.15) is 0 Å². The summed E-state index contributed by atoms with van der Waals surface area (Å²) in [4.78, 5) is 41.7. The largest absolute Gasteiger partial charge is 0.454 e. The van der Waals surface area contributed by atoms with Crippen LogP contribution in [0.25, 0.3) is 11.3 Å². The van der Waals surface area contributed by atoms with E-state index < -0.39 is 18.5 Å². The standard InChI is InChI=1S/C20H23N3O4S/c1-14-6-8-15(9-7-14)16-13-28-20(21-16)22-17(24)12-27-19(26)11-23-10-4-2-3-5-18(23)25/h6-9,13H,2-5,10-12H2,1H3,(H,21,22,24). The number of aryl methyl sites for hydroxylation is 1. The second-order valence-corrected chi connectivity index (χ2v) is 7.60. The number of benzene rings is 1. The molecular weight excluding hydrogens is 378 g/mol. The second-order valence-electron chi connectivity index (χ2n) is 6.74. The van der Waals surface area contributed by atoms with Gasteiger partial charge in [-0.3, -0.25) is 19.7 Å². The van der Waals surface area contributed by atoms with Gasteiger partial charge in [0.05, 0.1) is 5.69 Å². The number of ether oxygens (including phenoxy) is 1. The van der Waals surface area contributed by atoms with Crippen molar-refractivity contribution in [2.45, 2.75) is 32.6 Å². The topological polar surface area (TPSA) is 88.6 Å². The minimum Gasteiger partial charge on any atom is -0.454 e. The number of carbonyl (C=O) groups excluding carboxylic acids is 3. The molecule has 0 spiro atoms. The fraction of sp³-hybridized carbons (Fsp3) is 0.400. The van der Waals surface area contributed by atoms with E-state index >= 15 is 0 Å². The Morgan fingerprint density at radius 1 is 1.21 bits per heavy atom. The van der Waals surface area contributed by atoms with Crippen LogP contribution in [0.5, 0.6) is 0 Å². The number of esters is 1. The van der Waals surface area contributed by atoms with Crippen molar-refractivity contribution in [3.8, 4) is 11.3 Å². The predicted octanol–water partition coefficient (Wildman–Crippen LogP) is 3.00. The number of rotatable bonds is 6. The Hall–Kier alpha value is -2.74. The Kier molecular flexibility index (Phi) is 6.76. The van der Waals surface area contributed by atoms with Crippen LogP contribution in [0.4, 0.5) is 5.13 Å². The maximum Gasteiger partial charge on any atom is 0.326 e. The average molecular weight is 401 g/mol. The van der Waals surface area contributed by atoms with E-state index in [9.17, 15) is 14.4 Å². The van der Waals surface area contributed by atoms with Gasteiger partial charge in [0.2, 0.25) is 5.91 Å². The summed E-state index contributed by atoms with van der Waals surface area (Å²) in [6.07, 6.45) is 3.18. The number of aromatic nitrogens is 1. The van der Waals surface area contributed by atoms with Gasteiger partial charge in [0.25, 0.3) is 5.91 Å². The molecule has 7 nitrogen and oxygen atoms in total. The summed E-state index contributed by atoms with van der Waals surface area (Å²) in [5.41, 5.74) is 2.91. The summed E-state index contributed by atoms with van der Waals surface area (Å²) in [5.74, 6) is -1.07. The molecule has 0 aliphatic carbocycles. The lowest BCUT2D eigenvalue weighted by Crippen LogP contribution is -2.36. The average Bonchev–Trinajstić information content (AvgIpc) is 3.04. The zero-order chi connectivity index (χ0) is 19.9. The predicted molar refractivity (Wildman–Crippen MR) is 107 cm³/mol. The molecule has 0 radical (unpaired) electrons. The van der Waals surface area contributed by atoms with Crippen molar-refractivity contribution in [1.82, 2.24) is 9.88 Å². The lowest BCUT2D eigenvalue weighted by Gasteiger charge is -2.19. The molecule has 1 aromatic carbocycles. The molecule has 1 N–H and O–H groups in total. The van der Waals surface area contributed by atoms with Gasteiger partial charge >= 0.3 is 5.97 Å². The second kappa shape index (κ2) is 9.45. The number of anilines is 1. The zero-order valence-electron chi connectivity index (χ0n) is 15.8. The van der Waals surface area contributed by atoms with Crippen LogP contribution in [0.1, 0.15) is 31.2 Å². The maximum atomic E-state index is 12.0. The molecule has 1 fully saturated rings. The van der Waals surface area contributed by atoms with Crippen LogP contribution in [0.3, 0.4) is 0 Å². The Labute approximate surface area is 167 Å². The smallest absolute Gasteiger partial charge is 0.326 e. The zero-order valence-corrected chi connectivity index (χ0v) is 16.6. The SMILES string of the molecule is Cc1ccc(-c2csc(NC(=O)COC(=O)CN3CCCCCC3=O)n2)cc1. The van der Waals surface area contributed by atoms with E-state index in [1.165, 1.54) is 16.2 Å². The van der Waals surface area contributed by atoms with Gasteiger partial charge in [0, 0.05) is 23.9 Å². The number of hydrogen-bond donors (Lipinski definition) is 1. The van der Waals surface area contributed by atoms with Gasteiger partial charge < -0.3 is 9.64 Å². The summed E-state index contributed by atoms with van der Waals surface area (Å²) in [7, 11) is 0. The first-order valence-electron chi connectivity index (χ1n) is 9.27. The van der Waals surface area contributed by atoms with Crippen molar-refractivity contribution in [3.05, 3.63) is 35.2 Å². The van der Waals surface area contributed by atoms with Crippen LogP contribution in [0, 0.1) is 6.92 Å². The maximum absolute atomic E-state index is 12.0. The highest BCUT2D eigenvalue weighted by molar-refractivity contribution is 7.14. The van der Waals surface area contributed by atoms with Crippen LogP contribution < -0.4 is 5.32 Å². The van der Waals surface area contributed by atoms with E-state index in [4.69, 9.17) is 4.74 Å². The first-order valence-corrected chi connectivity index (χ1v) is 10.1. The van der Waals surface area contributed by atoms with Crippen molar-refractivity contribution in [2.75, 3.05) is 25.0 Å². The minimum absolute atomic E-state index is 0.0367. The number of thiazole rings is 1. The van der Waals surface area contributed by atoms with Crippen molar-refractivity contribution in [1.29, 1.82) is 0 Å². The summed E-state index contributed by atoms with van der Waals surface area (Å²) in [5, 5.41) is 4.93. The molecule has 8 heteroatoms. The van der Waals surface area contributed by atoms with E-state index in [-0.39, 0.29) is 12.5 Å². The highest BCUT2D eigenvalue weighted by Crippen LogP contribution is 2.25. The van der Waals surface area contributed by atoms with E-state index in [1.54, 1.807) is 0 Å². The number of carbonyl (C=O) groups is 3. The van der Waals surface area contributed by atoms with Crippen LogP contribution in [0.15, 0.2) is 29.6 Å². The lowest BCUT2D eigenvalue weighted by atomic mass is 10.1. The third-order valence-electron chi connectivity index (χ3n) is 4.45. The fourth-order valence-corrected chi connectivity index (χ4v) is 3.63. The summed E-state index contributed by atoms with van der Waals surface area (Å²) in [6.45, 7) is 2.06. The van der Waals surface area contributed by atoms with Crippen molar-refractivity contribution in [2.24, 2.45) is 0 Å². The Bertz CT molecular complexity index is 847. The van der Waals surface area contributed by atoms with Crippen LogP contribution in [-0.4, -0.2) is 47.4 Å². The Morgan fingerprint density at radius 2 is 2.00 bits per heavy atom. The summed E-state index contributed by atoms with van der Waals surface area (Å²) in [6, 6.07) is 7.95. The van der Waals surface area contributed by atoms with Crippen molar-refractivity contribution >= 4 is 34.3 Å². The van der Waals surface area contributed by atoms with E-state index in [1.807, 2.05) is 36.6 Å². The van der Waals surface area contributed by atoms with E-state index in [0.29, 0.717) is 18.1 Å². The molecule has 148 valence electrons.